The van der Waals surface area contributed by atoms with E-state index in [-0.39, 0.29) is 12.4 Å². The molecule has 2 atom stereocenters. The third-order valence-corrected chi connectivity index (χ3v) is 5.29. The fourth-order valence-corrected chi connectivity index (χ4v) is 3.95. The molecule has 2 fully saturated rings. The zero-order valence-corrected chi connectivity index (χ0v) is 15.2. The predicted octanol–water partition coefficient (Wildman–Crippen LogP) is 2.19. The highest BCUT2D eigenvalue weighted by atomic mass is 16.5. The van der Waals surface area contributed by atoms with Crippen molar-refractivity contribution in [3.05, 3.63) is 29.8 Å². The summed E-state index contributed by atoms with van der Waals surface area (Å²) in [5.41, 5.74) is 0.636. The van der Waals surface area contributed by atoms with Crippen molar-refractivity contribution >= 4 is 5.78 Å². The Hall–Kier alpha value is -1.43. The Balaban J connectivity index is 1.44. The monoisotopic (exact) mass is 346 g/mol. The number of nitrogens with zero attached hydrogens (tertiary/aromatic N) is 2. The average molecular weight is 346 g/mol. The minimum absolute atomic E-state index is 0.0206. The summed E-state index contributed by atoms with van der Waals surface area (Å²) >= 11 is 0. The number of hydrogen-bond acceptors (Lipinski definition) is 5. The fraction of sp³-hybridized carbons (Fsp3) is 0.650. The van der Waals surface area contributed by atoms with E-state index in [2.05, 4.69) is 9.80 Å². The maximum absolute atomic E-state index is 11.4. The lowest BCUT2D eigenvalue weighted by Gasteiger charge is -2.38. The van der Waals surface area contributed by atoms with Gasteiger partial charge in [-0.25, -0.2) is 0 Å². The second-order valence-corrected chi connectivity index (χ2v) is 7.35. The molecule has 2 heterocycles. The Morgan fingerprint density at radius 2 is 2.08 bits per heavy atom. The minimum atomic E-state index is -0.515. The number of likely N-dealkylation sites (tertiary alicyclic amines) is 2. The molecule has 2 saturated heterocycles. The lowest BCUT2D eigenvalue weighted by molar-refractivity contribution is 0.0416. The van der Waals surface area contributed by atoms with Crippen LogP contribution >= 0.6 is 0 Å². The summed E-state index contributed by atoms with van der Waals surface area (Å²) in [5.74, 6) is 0.660. The lowest BCUT2D eigenvalue weighted by atomic mass is 10.0. The predicted molar refractivity (Wildman–Crippen MR) is 98.2 cm³/mol. The molecular weight excluding hydrogens is 316 g/mol. The van der Waals surface area contributed by atoms with E-state index >= 15 is 0 Å². The number of aliphatic hydroxyl groups is 1. The molecule has 0 unspecified atom stereocenters. The van der Waals surface area contributed by atoms with Crippen LogP contribution in [0.1, 0.15) is 43.0 Å². The minimum Gasteiger partial charge on any atom is -0.491 e. The molecule has 2 aliphatic rings. The molecule has 5 nitrogen and oxygen atoms in total. The molecule has 0 radical (unpaired) electrons. The number of hydrogen-bond donors (Lipinski definition) is 1. The van der Waals surface area contributed by atoms with Crippen molar-refractivity contribution in [2.45, 2.75) is 44.8 Å². The Morgan fingerprint density at radius 1 is 1.28 bits per heavy atom. The van der Waals surface area contributed by atoms with Gasteiger partial charge in [0.1, 0.15) is 18.5 Å². The molecule has 1 aromatic rings. The molecule has 25 heavy (non-hydrogen) atoms. The van der Waals surface area contributed by atoms with Crippen molar-refractivity contribution in [1.82, 2.24) is 9.80 Å². The molecule has 5 heteroatoms. The van der Waals surface area contributed by atoms with Crippen molar-refractivity contribution in [2.75, 3.05) is 39.3 Å². The van der Waals surface area contributed by atoms with Crippen LogP contribution in [0.15, 0.2) is 24.3 Å². The molecule has 0 aliphatic carbocycles. The zero-order chi connectivity index (χ0) is 17.6. The van der Waals surface area contributed by atoms with E-state index in [1.807, 2.05) is 12.1 Å². The molecule has 138 valence electrons. The van der Waals surface area contributed by atoms with Crippen LogP contribution in [0.3, 0.4) is 0 Å². The molecule has 0 saturated carbocycles. The van der Waals surface area contributed by atoms with Crippen molar-refractivity contribution in [3.8, 4) is 5.75 Å². The topological polar surface area (TPSA) is 53.0 Å². The first kappa shape index (κ1) is 18.4. The van der Waals surface area contributed by atoms with E-state index in [1.165, 1.54) is 38.8 Å². The Morgan fingerprint density at radius 3 is 2.84 bits per heavy atom. The number of ether oxygens (including phenoxy) is 1. The van der Waals surface area contributed by atoms with Crippen LogP contribution in [-0.4, -0.2) is 72.2 Å². The van der Waals surface area contributed by atoms with Crippen molar-refractivity contribution in [3.63, 3.8) is 0 Å². The van der Waals surface area contributed by atoms with Gasteiger partial charge < -0.3 is 9.84 Å². The number of benzene rings is 1. The van der Waals surface area contributed by atoms with Crippen LogP contribution in [0.5, 0.6) is 5.75 Å². The summed E-state index contributed by atoms with van der Waals surface area (Å²) in [6, 6.07) is 7.79. The first-order chi connectivity index (χ1) is 12.1. The second kappa shape index (κ2) is 8.79. The first-order valence-corrected chi connectivity index (χ1v) is 9.50. The SMILES string of the molecule is CC(=O)c1cccc(OC[C@H](O)CN2CCC[C@H](N3CCCC3)C2)c1. The highest BCUT2D eigenvalue weighted by Crippen LogP contribution is 2.21. The quantitative estimate of drug-likeness (QED) is 0.767. The number of piperidine rings is 1. The number of β-amino-alcohol motifs (C(OH)–C–C–N with tert-alkyl or cyclic N) is 1. The number of aliphatic hydroxyl groups excluding tert-OH is 1. The van der Waals surface area contributed by atoms with Gasteiger partial charge in [-0.1, -0.05) is 12.1 Å². The van der Waals surface area contributed by atoms with E-state index < -0.39 is 6.10 Å². The third kappa shape index (κ3) is 5.27. The zero-order valence-electron chi connectivity index (χ0n) is 15.2. The molecule has 0 aromatic heterocycles. The van der Waals surface area contributed by atoms with Crippen LogP contribution in [0, 0.1) is 0 Å². The second-order valence-electron chi connectivity index (χ2n) is 7.35. The highest BCUT2D eigenvalue weighted by molar-refractivity contribution is 5.94. The molecule has 1 aromatic carbocycles. The van der Waals surface area contributed by atoms with E-state index in [0.717, 1.165) is 13.1 Å². The first-order valence-electron chi connectivity index (χ1n) is 9.50. The fourth-order valence-electron chi connectivity index (χ4n) is 3.95. The van der Waals surface area contributed by atoms with Crippen LogP contribution in [0.25, 0.3) is 0 Å². The molecule has 1 N–H and O–H groups in total. The van der Waals surface area contributed by atoms with Crippen LogP contribution in [0.4, 0.5) is 0 Å². The van der Waals surface area contributed by atoms with E-state index in [0.29, 0.717) is 23.9 Å². The number of ketones is 1. The van der Waals surface area contributed by atoms with Gasteiger partial charge >= 0.3 is 0 Å². The third-order valence-electron chi connectivity index (χ3n) is 5.29. The maximum atomic E-state index is 11.4. The van der Waals surface area contributed by atoms with Gasteiger partial charge in [-0.3, -0.25) is 14.6 Å². The van der Waals surface area contributed by atoms with Gasteiger partial charge in [0.15, 0.2) is 5.78 Å². The van der Waals surface area contributed by atoms with Crippen molar-refractivity contribution < 1.29 is 14.6 Å². The maximum Gasteiger partial charge on any atom is 0.159 e. The van der Waals surface area contributed by atoms with E-state index in [9.17, 15) is 9.90 Å². The Labute approximate surface area is 150 Å². The van der Waals surface area contributed by atoms with Gasteiger partial charge in [0, 0.05) is 24.7 Å². The summed E-state index contributed by atoms with van der Waals surface area (Å²) in [6.45, 7) is 7.02. The summed E-state index contributed by atoms with van der Waals surface area (Å²) in [5, 5.41) is 10.3. The van der Waals surface area contributed by atoms with Gasteiger partial charge in [-0.05, 0) is 64.4 Å². The Bertz CT molecular complexity index is 572. The summed E-state index contributed by atoms with van der Waals surface area (Å²) in [6.07, 6.45) is 4.62. The molecule has 2 aliphatic heterocycles. The molecule has 0 bridgehead atoms. The average Bonchev–Trinajstić information content (AvgIpc) is 3.15. The highest BCUT2D eigenvalue weighted by Gasteiger charge is 2.27. The Kier molecular flexibility index (Phi) is 6.45. The summed E-state index contributed by atoms with van der Waals surface area (Å²) in [7, 11) is 0. The van der Waals surface area contributed by atoms with Crippen LogP contribution in [-0.2, 0) is 0 Å². The van der Waals surface area contributed by atoms with Crippen LogP contribution < -0.4 is 4.74 Å². The smallest absolute Gasteiger partial charge is 0.159 e. The van der Waals surface area contributed by atoms with Gasteiger partial charge in [0.2, 0.25) is 0 Å². The van der Waals surface area contributed by atoms with Gasteiger partial charge in [0.25, 0.3) is 0 Å². The summed E-state index contributed by atoms with van der Waals surface area (Å²) in [4.78, 5) is 16.4. The molecule has 3 rings (SSSR count). The molecular formula is C20H30N2O3. The van der Waals surface area contributed by atoms with Gasteiger partial charge in [-0.2, -0.15) is 0 Å². The molecule has 0 amide bonds. The van der Waals surface area contributed by atoms with E-state index in [1.54, 1.807) is 19.1 Å². The molecule has 0 spiro atoms. The van der Waals surface area contributed by atoms with Crippen molar-refractivity contribution in [2.24, 2.45) is 0 Å². The number of carbonyl (C=O) groups is 1. The number of carbonyl (C=O) groups excluding carboxylic acids is 1. The summed E-state index contributed by atoms with van der Waals surface area (Å²) < 4.78 is 5.69. The van der Waals surface area contributed by atoms with Crippen LogP contribution in [0.2, 0.25) is 0 Å². The number of rotatable bonds is 7. The number of Topliss-reactive ketones (excluding diaryl/α,β-unsaturated/α-hetero) is 1. The standard InChI is InChI=1S/C20H30N2O3/c1-16(23)17-6-4-8-20(12-17)25-15-19(24)14-21-9-5-7-18(13-21)22-10-2-3-11-22/h4,6,8,12,18-19,24H,2-3,5,7,9-11,13-15H2,1H3/t18-,19+/m0/s1. The van der Waals surface area contributed by atoms with Gasteiger partial charge in [-0.15, -0.1) is 0 Å². The van der Waals surface area contributed by atoms with Gasteiger partial charge in [0.05, 0.1) is 0 Å². The van der Waals surface area contributed by atoms with E-state index in [4.69, 9.17) is 4.74 Å². The lowest BCUT2D eigenvalue weighted by Crippen LogP contribution is -2.49. The van der Waals surface area contributed by atoms with Crippen molar-refractivity contribution in [1.29, 1.82) is 0 Å². The largest absolute Gasteiger partial charge is 0.491 e. The normalized spacial score (nSPS) is 23.5.